The lowest BCUT2D eigenvalue weighted by molar-refractivity contribution is -0.506. The molecule has 0 radical (unpaired) electrons. The summed E-state index contributed by atoms with van der Waals surface area (Å²) < 4.78 is 62.0. The molecule has 4 aliphatic carbocycles. The molecule has 8 rings (SSSR count). The van der Waals surface area contributed by atoms with Crippen molar-refractivity contribution >= 4 is 35.8 Å². The molecule has 316 valence electrons. The van der Waals surface area contributed by atoms with E-state index in [1.807, 2.05) is 0 Å². The Morgan fingerprint density at radius 3 is 2.12 bits per heavy atom. The first kappa shape index (κ1) is 40.4. The predicted octanol–water partition coefficient (Wildman–Crippen LogP) is 0.451. The van der Waals surface area contributed by atoms with Crippen LogP contribution in [-0.4, -0.2) is 124 Å². The zero-order chi connectivity index (χ0) is 42.6. The summed E-state index contributed by atoms with van der Waals surface area (Å²) in [6.07, 6.45) is -8.68. The average molecular weight is 819 g/mol. The van der Waals surface area contributed by atoms with Crippen molar-refractivity contribution in [2.75, 3.05) is 13.7 Å². The number of aliphatic hydroxyl groups excluding tert-OH is 2. The van der Waals surface area contributed by atoms with Crippen molar-refractivity contribution in [1.82, 2.24) is 0 Å². The SMILES string of the molecule is COC(=O)[C@@H](O)[C@H]1[C@@]2(C)C[C@]34O[C@]5(C(C)C)O[C@]6([C@H](OC(C)=O)[C@H](OC(C)=O)[C@]7(C)C(=CC(=O)O[C@@H]7c7ccoc7)[C@@]6(O5)[C@H](O)[C@]3(O)[C@H]2OC(C)=O)[C@@]14COC(C)=O. The summed E-state index contributed by atoms with van der Waals surface area (Å²) >= 11 is 0. The van der Waals surface area contributed by atoms with Crippen LogP contribution in [-0.2, 0) is 71.4 Å². The maximum Gasteiger partial charge on any atom is 0.335 e. The lowest BCUT2D eigenvalue weighted by Gasteiger charge is -2.77. The minimum absolute atomic E-state index is 0.214. The first-order chi connectivity index (χ1) is 27.0. The van der Waals surface area contributed by atoms with Crippen LogP contribution in [0.15, 0.2) is 34.7 Å². The molecule has 58 heavy (non-hydrogen) atoms. The van der Waals surface area contributed by atoms with Crippen molar-refractivity contribution in [2.45, 2.75) is 127 Å². The number of methoxy groups -OCH3 is 1. The van der Waals surface area contributed by atoms with Gasteiger partial charge < -0.3 is 62.4 Å². The van der Waals surface area contributed by atoms with E-state index in [1.54, 1.807) is 13.8 Å². The van der Waals surface area contributed by atoms with Gasteiger partial charge >= 0.3 is 35.8 Å². The van der Waals surface area contributed by atoms with E-state index in [9.17, 15) is 44.1 Å². The molecular weight excluding hydrogens is 772 g/mol. The van der Waals surface area contributed by atoms with Gasteiger partial charge in [-0.25, -0.2) is 9.59 Å². The van der Waals surface area contributed by atoms with Crippen molar-refractivity contribution in [2.24, 2.45) is 28.1 Å². The van der Waals surface area contributed by atoms with Gasteiger partial charge in [0.1, 0.15) is 30.5 Å². The van der Waals surface area contributed by atoms with Crippen LogP contribution in [0.25, 0.3) is 0 Å². The van der Waals surface area contributed by atoms with Crippen LogP contribution in [0, 0.1) is 28.1 Å². The van der Waals surface area contributed by atoms with Gasteiger partial charge in [-0.1, -0.05) is 20.8 Å². The molecule has 15 atom stereocenters. The second-order valence-corrected chi connectivity index (χ2v) is 17.2. The Hall–Kier alpha value is -4.40. The Morgan fingerprint density at radius 2 is 1.57 bits per heavy atom. The number of aliphatic hydroxyl groups is 3. The molecule has 0 aromatic carbocycles. The van der Waals surface area contributed by atoms with Crippen LogP contribution in [0.2, 0.25) is 0 Å². The summed E-state index contributed by atoms with van der Waals surface area (Å²) in [6.45, 7) is 9.50. The van der Waals surface area contributed by atoms with Crippen molar-refractivity contribution in [3.8, 4) is 0 Å². The molecule has 4 saturated carbocycles. The Morgan fingerprint density at radius 1 is 0.931 bits per heavy atom. The summed E-state index contributed by atoms with van der Waals surface area (Å²) in [5, 5.41) is 39.7. The average Bonchev–Trinajstić information content (AvgIpc) is 3.85. The molecule has 1 aromatic heterocycles. The molecule has 2 spiro atoms. The molecule has 3 aliphatic heterocycles. The summed E-state index contributed by atoms with van der Waals surface area (Å²) in [6, 6.07) is 1.47. The zero-order valence-electron chi connectivity index (χ0n) is 33.2. The molecule has 4 heterocycles. The lowest BCUT2D eigenvalue weighted by atomic mass is 9.33. The molecule has 3 N–H and O–H groups in total. The second-order valence-electron chi connectivity index (χ2n) is 17.2. The fraction of sp³-hybridized carbons (Fsp3) is 0.692. The normalized spacial score (nSPS) is 46.6. The van der Waals surface area contributed by atoms with Crippen LogP contribution in [0.1, 0.15) is 73.5 Å². The van der Waals surface area contributed by atoms with E-state index in [0.717, 1.165) is 40.9 Å². The molecule has 19 heteroatoms. The Balaban J connectivity index is 1.62. The van der Waals surface area contributed by atoms with Crippen molar-refractivity contribution in [3.05, 3.63) is 35.8 Å². The highest BCUT2D eigenvalue weighted by atomic mass is 16.9. The molecule has 7 aliphatic rings. The molecule has 0 unspecified atom stereocenters. The molecule has 2 saturated heterocycles. The van der Waals surface area contributed by atoms with Gasteiger partial charge in [0, 0.05) is 56.6 Å². The number of ether oxygens (including phenoxy) is 9. The Kier molecular flexibility index (Phi) is 8.42. The van der Waals surface area contributed by atoms with Gasteiger partial charge in [0.2, 0.25) is 0 Å². The third-order valence-corrected chi connectivity index (χ3v) is 14.1. The van der Waals surface area contributed by atoms with Crippen LogP contribution in [0.4, 0.5) is 0 Å². The second kappa shape index (κ2) is 12.1. The molecule has 4 bridgehead atoms. The smallest absolute Gasteiger partial charge is 0.335 e. The van der Waals surface area contributed by atoms with Gasteiger partial charge in [0.25, 0.3) is 5.97 Å². The van der Waals surface area contributed by atoms with Crippen molar-refractivity contribution < 1.29 is 91.1 Å². The van der Waals surface area contributed by atoms with E-state index in [-0.39, 0.29) is 11.1 Å². The number of rotatable bonds is 9. The van der Waals surface area contributed by atoms with Crippen LogP contribution >= 0.6 is 0 Å². The first-order valence-corrected chi connectivity index (χ1v) is 18.9. The first-order valence-electron chi connectivity index (χ1n) is 18.9. The van der Waals surface area contributed by atoms with Gasteiger partial charge in [0.05, 0.1) is 30.5 Å². The van der Waals surface area contributed by atoms with Crippen LogP contribution in [0.5, 0.6) is 0 Å². The molecule has 6 fully saturated rings. The highest BCUT2D eigenvalue weighted by Crippen LogP contribution is 2.90. The third kappa shape index (κ3) is 4.14. The largest absolute Gasteiger partial charge is 0.472 e. The van der Waals surface area contributed by atoms with Gasteiger partial charge in [-0.15, -0.1) is 0 Å². The molecule has 19 nitrogen and oxygen atoms in total. The number of cyclic esters (lactones) is 1. The molecule has 1 aromatic rings. The zero-order valence-corrected chi connectivity index (χ0v) is 33.2. The van der Waals surface area contributed by atoms with Gasteiger partial charge in [0.15, 0.2) is 35.1 Å². The number of esters is 6. The number of hydrogen-bond acceptors (Lipinski definition) is 19. The highest BCUT2D eigenvalue weighted by Gasteiger charge is 3.07. The number of hydrogen-bond donors (Lipinski definition) is 3. The van der Waals surface area contributed by atoms with E-state index >= 15 is 0 Å². The van der Waals surface area contributed by atoms with E-state index in [2.05, 4.69) is 0 Å². The fourth-order valence-electron chi connectivity index (χ4n) is 12.7. The fourth-order valence-corrected chi connectivity index (χ4v) is 12.7. The molecular formula is C39H46O19. The minimum Gasteiger partial charge on any atom is -0.472 e. The molecule has 0 amide bonds. The summed E-state index contributed by atoms with van der Waals surface area (Å²) in [4.78, 5) is 81.0. The van der Waals surface area contributed by atoms with E-state index in [0.29, 0.717) is 0 Å². The number of furan rings is 1. The van der Waals surface area contributed by atoms with Crippen LogP contribution < -0.4 is 0 Å². The number of fused-ring (bicyclic) bond motifs is 3. The lowest BCUT2D eigenvalue weighted by Crippen LogP contribution is -2.97. The monoisotopic (exact) mass is 818 g/mol. The maximum absolute atomic E-state index is 14.0. The maximum atomic E-state index is 14.0. The van der Waals surface area contributed by atoms with E-state index < -0.39 is 142 Å². The summed E-state index contributed by atoms with van der Waals surface area (Å²) in [5.74, 6) is -11.1. The van der Waals surface area contributed by atoms with Crippen molar-refractivity contribution in [3.63, 3.8) is 0 Å². The minimum atomic E-state index is -2.85. The topological polar surface area (TPSA) is 259 Å². The Bertz CT molecular complexity index is 2050. The van der Waals surface area contributed by atoms with Gasteiger partial charge in [-0.3, -0.25) is 19.2 Å². The number of carbonyl (C=O) groups excluding carboxylic acids is 6. The highest BCUT2D eigenvalue weighted by molar-refractivity contribution is 5.86. The predicted molar refractivity (Wildman–Crippen MR) is 184 cm³/mol. The van der Waals surface area contributed by atoms with E-state index in [1.165, 1.54) is 32.4 Å². The van der Waals surface area contributed by atoms with Crippen LogP contribution in [0.3, 0.4) is 0 Å². The standard InChI is InChI=1S/C39H46O19/c1-16(2)39-56-35-14-32(7)25(24(45)29(46)49-9)34(35,15-51-17(3)40)38(58-39)28(53-19(5)42)27(52-18(4)41)33(8)22(12-23(44)55-26(33)21-10-11-50-13-21)37(38,57-39)30(47)36(35,48)31(32)54-20(6)43/h10-13,16,24-28,30-31,45,47-48H,14-15H2,1-9H3/t24-,25-,26+,27-,28+,30+,31-,32+,33+,34-,35+,36-,37+,38+,39-/m0/s1. The quantitative estimate of drug-likeness (QED) is 0.226. The van der Waals surface area contributed by atoms with Gasteiger partial charge in [-0.2, -0.15) is 0 Å². The summed E-state index contributed by atoms with van der Waals surface area (Å²) in [7, 11) is 1.00. The van der Waals surface area contributed by atoms with Gasteiger partial charge in [-0.05, 0) is 25.0 Å². The third-order valence-electron chi connectivity index (χ3n) is 14.1. The summed E-state index contributed by atoms with van der Waals surface area (Å²) in [5.41, 5.74) is -16.9. The number of carbonyl (C=O) groups is 6. The Labute approximate surface area is 331 Å². The van der Waals surface area contributed by atoms with E-state index in [4.69, 9.17) is 47.0 Å². The van der Waals surface area contributed by atoms with Crippen molar-refractivity contribution in [1.29, 1.82) is 0 Å².